The summed E-state index contributed by atoms with van der Waals surface area (Å²) in [6, 6.07) is 14.6. The fraction of sp³-hybridized carbons (Fsp3) is 0.263. The summed E-state index contributed by atoms with van der Waals surface area (Å²) >= 11 is 6.08. The van der Waals surface area contributed by atoms with Crippen LogP contribution >= 0.6 is 11.6 Å². The van der Waals surface area contributed by atoms with Crippen LogP contribution in [0, 0.1) is 0 Å². The van der Waals surface area contributed by atoms with E-state index in [4.69, 9.17) is 11.6 Å². The lowest BCUT2D eigenvalue weighted by Gasteiger charge is -2.33. The van der Waals surface area contributed by atoms with Crippen LogP contribution in [0.15, 0.2) is 48.5 Å². The topological polar surface area (TPSA) is 52.6 Å². The van der Waals surface area contributed by atoms with Gasteiger partial charge in [-0.05, 0) is 42.3 Å². The quantitative estimate of drug-likeness (QED) is 0.905. The molecule has 130 valence electrons. The lowest BCUT2D eigenvalue weighted by molar-refractivity contribution is -0.115. The second-order valence-electron chi connectivity index (χ2n) is 6.07. The second kappa shape index (κ2) is 7.57. The van der Waals surface area contributed by atoms with E-state index in [0.717, 1.165) is 24.2 Å². The van der Waals surface area contributed by atoms with Gasteiger partial charge in [0.1, 0.15) is 0 Å². The maximum atomic E-state index is 12.2. The first-order valence-electron chi connectivity index (χ1n) is 8.20. The number of hydrogen-bond acceptors (Lipinski definition) is 2. The van der Waals surface area contributed by atoms with Gasteiger partial charge in [0.25, 0.3) is 0 Å². The zero-order chi connectivity index (χ0) is 17.8. The van der Waals surface area contributed by atoms with E-state index in [9.17, 15) is 9.59 Å². The number of nitrogens with one attached hydrogen (secondary N) is 1. The van der Waals surface area contributed by atoms with Crippen molar-refractivity contribution in [1.29, 1.82) is 0 Å². The first kappa shape index (κ1) is 17.3. The summed E-state index contributed by atoms with van der Waals surface area (Å²) in [5.41, 5.74) is 2.32. The highest BCUT2D eigenvalue weighted by atomic mass is 35.5. The molecule has 1 aliphatic heterocycles. The summed E-state index contributed by atoms with van der Waals surface area (Å²) < 4.78 is 0. The summed E-state index contributed by atoms with van der Waals surface area (Å²) in [7, 11) is 1.80. The molecule has 0 aromatic heterocycles. The van der Waals surface area contributed by atoms with Crippen molar-refractivity contribution in [3.8, 4) is 0 Å². The third-order valence-electron chi connectivity index (χ3n) is 4.20. The van der Waals surface area contributed by atoms with Crippen molar-refractivity contribution in [2.24, 2.45) is 0 Å². The number of carbonyl (C=O) groups is 2. The van der Waals surface area contributed by atoms with Crippen LogP contribution < -0.4 is 10.2 Å². The minimum Gasteiger partial charge on any atom is -0.327 e. The first-order valence-corrected chi connectivity index (χ1v) is 8.58. The lowest BCUT2D eigenvalue weighted by Crippen LogP contribution is -2.47. The van der Waals surface area contributed by atoms with Crippen LogP contribution in [0.5, 0.6) is 0 Å². The van der Waals surface area contributed by atoms with E-state index >= 15 is 0 Å². The molecule has 0 atom stereocenters. The van der Waals surface area contributed by atoms with E-state index in [1.165, 1.54) is 0 Å². The van der Waals surface area contributed by atoms with Gasteiger partial charge in [0.05, 0.1) is 6.42 Å². The number of urea groups is 1. The number of halogens is 1. The van der Waals surface area contributed by atoms with E-state index in [0.29, 0.717) is 17.3 Å². The van der Waals surface area contributed by atoms with Gasteiger partial charge < -0.3 is 10.2 Å². The minimum atomic E-state index is -0.130. The van der Waals surface area contributed by atoms with Gasteiger partial charge in [-0.15, -0.1) is 0 Å². The van der Waals surface area contributed by atoms with Crippen LogP contribution in [-0.4, -0.2) is 37.0 Å². The van der Waals surface area contributed by atoms with E-state index < -0.39 is 0 Å². The SMILES string of the molecule is CN1CCCN(c2ccc(NC(=O)Cc3ccccc3Cl)cc2)C1=O. The van der Waals surface area contributed by atoms with Crippen LogP contribution in [0.3, 0.4) is 0 Å². The molecule has 6 heteroatoms. The molecule has 1 aliphatic rings. The van der Waals surface area contributed by atoms with Crippen LogP contribution in [0.4, 0.5) is 16.2 Å². The monoisotopic (exact) mass is 357 g/mol. The number of benzene rings is 2. The predicted molar refractivity (Wildman–Crippen MR) is 100 cm³/mol. The van der Waals surface area contributed by atoms with E-state index in [-0.39, 0.29) is 18.4 Å². The molecule has 1 saturated heterocycles. The van der Waals surface area contributed by atoms with Crippen LogP contribution in [0.1, 0.15) is 12.0 Å². The molecular formula is C19H20ClN3O2. The van der Waals surface area contributed by atoms with Crippen molar-refractivity contribution >= 4 is 34.9 Å². The van der Waals surface area contributed by atoms with Crippen LogP contribution in [0.2, 0.25) is 5.02 Å². The molecule has 1 N–H and O–H groups in total. The predicted octanol–water partition coefficient (Wildman–Crippen LogP) is 3.78. The zero-order valence-corrected chi connectivity index (χ0v) is 14.8. The highest BCUT2D eigenvalue weighted by molar-refractivity contribution is 6.31. The molecular weight excluding hydrogens is 338 g/mol. The largest absolute Gasteiger partial charge is 0.327 e. The van der Waals surface area contributed by atoms with Crippen molar-refractivity contribution in [2.45, 2.75) is 12.8 Å². The number of rotatable bonds is 4. The van der Waals surface area contributed by atoms with Crippen LogP contribution in [-0.2, 0) is 11.2 Å². The molecule has 0 spiro atoms. The molecule has 0 aliphatic carbocycles. The molecule has 0 radical (unpaired) electrons. The lowest BCUT2D eigenvalue weighted by atomic mass is 10.1. The Morgan fingerprint density at radius 3 is 2.56 bits per heavy atom. The molecule has 1 fully saturated rings. The number of carbonyl (C=O) groups excluding carboxylic acids is 2. The van der Waals surface area contributed by atoms with Crippen molar-refractivity contribution in [2.75, 3.05) is 30.4 Å². The molecule has 3 rings (SSSR count). The molecule has 0 saturated carbocycles. The maximum Gasteiger partial charge on any atom is 0.324 e. The Bertz CT molecular complexity index is 776. The molecule has 1 heterocycles. The third-order valence-corrected chi connectivity index (χ3v) is 4.57. The standard InChI is InChI=1S/C19H20ClN3O2/c1-22-11-4-12-23(19(22)25)16-9-7-15(8-10-16)21-18(24)13-14-5-2-3-6-17(14)20/h2-3,5-10H,4,11-13H2,1H3,(H,21,24). The second-order valence-corrected chi connectivity index (χ2v) is 6.48. The summed E-state index contributed by atoms with van der Waals surface area (Å²) in [6.45, 7) is 1.49. The molecule has 2 aromatic rings. The zero-order valence-electron chi connectivity index (χ0n) is 14.0. The van der Waals surface area contributed by atoms with Gasteiger partial charge in [-0.25, -0.2) is 4.79 Å². The summed E-state index contributed by atoms with van der Waals surface area (Å²) in [5, 5.41) is 3.44. The van der Waals surface area contributed by atoms with Crippen molar-refractivity contribution in [3.05, 3.63) is 59.1 Å². The molecule has 5 nitrogen and oxygen atoms in total. The number of hydrogen-bond donors (Lipinski definition) is 1. The molecule has 2 aromatic carbocycles. The molecule has 0 unspecified atom stereocenters. The van der Waals surface area contributed by atoms with Crippen molar-refractivity contribution < 1.29 is 9.59 Å². The fourth-order valence-corrected chi connectivity index (χ4v) is 3.05. The molecule has 25 heavy (non-hydrogen) atoms. The van der Waals surface area contributed by atoms with Gasteiger partial charge >= 0.3 is 6.03 Å². The Kier molecular flexibility index (Phi) is 5.24. The highest BCUT2D eigenvalue weighted by Gasteiger charge is 2.23. The summed E-state index contributed by atoms with van der Waals surface area (Å²) in [6.07, 6.45) is 1.16. The van der Waals surface area contributed by atoms with Crippen molar-refractivity contribution in [3.63, 3.8) is 0 Å². The first-order chi connectivity index (χ1) is 12.0. The van der Waals surface area contributed by atoms with Crippen molar-refractivity contribution in [1.82, 2.24) is 4.90 Å². The number of amides is 3. The van der Waals surface area contributed by atoms with Gasteiger partial charge in [-0.2, -0.15) is 0 Å². The maximum absolute atomic E-state index is 12.2. The Labute approximate surface area is 152 Å². The minimum absolute atomic E-state index is 0.00163. The van der Waals surface area contributed by atoms with Gasteiger partial charge in [0, 0.05) is 36.5 Å². The molecule has 3 amide bonds. The van der Waals surface area contributed by atoms with E-state index in [2.05, 4.69) is 5.32 Å². The van der Waals surface area contributed by atoms with Gasteiger partial charge in [-0.1, -0.05) is 29.8 Å². The Morgan fingerprint density at radius 2 is 1.84 bits per heavy atom. The smallest absolute Gasteiger partial charge is 0.324 e. The molecule has 0 bridgehead atoms. The van der Waals surface area contributed by atoms with E-state index in [1.807, 2.05) is 42.5 Å². The fourth-order valence-electron chi connectivity index (χ4n) is 2.85. The number of anilines is 2. The Morgan fingerprint density at radius 1 is 1.12 bits per heavy atom. The Balaban J connectivity index is 1.63. The van der Waals surface area contributed by atoms with E-state index in [1.54, 1.807) is 22.9 Å². The average molecular weight is 358 g/mol. The van der Waals surface area contributed by atoms with Gasteiger partial charge in [-0.3, -0.25) is 9.69 Å². The third kappa shape index (κ3) is 4.12. The average Bonchev–Trinajstić information content (AvgIpc) is 2.60. The Hall–Kier alpha value is -2.53. The number of nitrogens with zero attached hydrogens (tertiary/aromatic N) is 2. The normalized spacial score (nSPS) is 14.6. The summed E-state index contributed by atoms with van der Waals surface area (Å²) in [5.74, 6) is -0.130. The van der Waals surface area contributed by atoms with Gasteiger partial charge in [0.15, 0.2) is 0 Å². The highest BCUT2D eigenvalue weighted by Crippen LogP contribution is 2.22. The summed E-state index contributed by atoms with van der Waals surface area (Å²) in [4.78, 5) is 27.8. The van der Waals surface area contributed by atoms with Gasteiger partial charge in [0.2, 0.25) is 5.91 Å². The van der Waals surface area contributed by atoms with Crippen LogP contribution in [0.25, 0.3) is 0 Å².